The maximum atomic E-state index is 12.4. The van der Waals surface area contributed by atoms with Gasteiger partial charge in [-0.15, -0.1) is 26.3 Å². The molecule has 0 saturated carbocycles. The first-order chi connectivity index (χ1) is 35.3. The third-order valence-corrected chi connectivity index (χ3v) is 13.0. The van der Waals surface area contributed by atoms with Gasteiger partial charge in [-0.25, -0.2) is 29.9 Å². The largest absolute Gasteiger partial charge is 0.573 e. The Hall–Kier alpha value is -6.90. The van der Waals surface area contributed by atoms with Crippen LogP contribution in [0.15, 0.2) is 48.8 Å². The lowest BCUT2D eigenvalue weighted by Crippen LogP contribution is -2.44. The number of nitrogens with zero attached hydrogens (tertiary/aromatic N) is 11. The fraction of sp³-hybridized carbons (Fsp3) is 0.435. The van der Waals surface area contributed by atoms with Gasteiger partial charge in [-0.05, 0) is 83.3 Å². The van der Waals surface area contributed by atoms with E-state index in [0.717, 1.165) is 69.7 Å². The fourth-order valence-electron chi connectivity index (χ4n) is 9.03. The van der Waals surface area contributed by atoms with Gasteiger partial charge in [-0.3, -0.25) is 9.59 Å². The highest BCUT2D eigenvalue weighted by Gasteiger charge is 2.39. The van der Waals surface area contributed by atoms with Crippen molar-refractivity contribution in [2.24, 2.45) is 0 Å². The molecule has 28 heteroatoms. The number of hydrogen-bond donors (Lipinski definition) is 3. The zero-order valence-electron chi connectivity index (χ0n) is 39.4. The van der Waals surface area contributed by atoms with E-state index in [2.05, 4.69) is 80.0 Å². The molecule has 0 aliphatic carbocycles. The molecule has 4 aliphatic rings. The molecule has 10 rings (SSSR count). The average Bonchev–Trinajstić information content (AvgIpc) is 4.15. The van der Waals surface area contributed by atoms with Crippen LogP contribution in [0.1, 0.15) is 43.5 Å². The number of rotatable bonds is 13. The minimum atomic E-state index is -4.85. The van der Waals surface area contributed by atoms with Gasteiger partial charge in [0, 0.05) is 56.4 Å². The molecule has 20 nitrogen and oxygen atoms in total. The molecule has 4 fully saturated rings. The van der Waals surface area contributed by atoms with Crippen LogP contribution in [0.25, 0.3) is 22.3 Å². The number of amides is 2. The monoisotopic (exact) mass is 1070 g/mol. The molecule has 0 radical (unpaired) electrons. The van der Waals surface area contributed by atoms with Gasteiger partial charge in [-0.1, -0.05) is 23.2 Å². The lowest BCUT2D eigenvalue weighted by Gasteiger charge is -2.36. The number of halogens is 8. The van der Waals surface area contributed by atoms with Crippen LogP contribution in [0.5, 0.6) is 23.0 Å². The highest BCUT2D eigenvalue weighted by Crippen LogP contribution is 2.34. The van der Waals surface area contributed by atoms with E-state index in [-0.39, 0.29) is 33.2 Å². The van der Waals surface area contributed by atoms with Crippen molar-refractivity contribution in [1.82, 2.24) is 50.1 Å². The normalized spacial score (nSPS) is 18.1. The highest BCUT2D eigenvalue weighted by molar-refractivity contribution is 6.32. The summed E-state index contributed by atoms with van der Waals surface area (Å²) in [6, 6.07) is 7.75. The predicted octanol–water partition coefficient (Wildman–Crippen LogP) is 7.21. The number of likely N-dealkylation sites (tertiary alicyclic amines) is 1. The first-order valence-electron chi connectivity index (χ1n) is 23.3. The van der Waals surface area contributed by atoms with Crippen molar-refractivity contribution in [3.05, 3.63) is 70.2 Å². The molecule has 3 N–H and O–H groups in total. The Balaban J connectivity index is 0.000000183. The Morgan fingerprint density at radius 2 is 1.19 bits per heavy atom. The van der Waals surface area contributed by atoms with Crippen molar-refractivity contribution in [2.75, 3.05) is 72.9 Å². The number of benzene rings is 2. The van der Waals surface area contributed by atoms with Crippen LogP contribution < -0.4 is 44.7 Å². The van der Waals surface area contributed by atoms with Gasteiger partial charge in [0.15, 0.2) is 36.1 Å². The summed E-state index contributed by atoms with van der Waals surface area (Å²) < 4.78 is 92.2. The molecule has 8 heterocycles. The van der Waals surface area contributed by atoms with Crippen LogP contribution in [0.4, 0.5) is 49.9 Å². The third kappa shape index (κ3) is 13.1. The van der Waals surface area contributed by atoms with Crippen molar-refractivity contribution >= 4 is 80.9 Å². The van der Waals surface area contributed by atoms with Crippen molar-refractivity contribution in [3.63, 3.8) is 0 Å². The van der Waals surface area contributed by atoms with Crippen LogP contribution in [-0.4, -0.2) is 140 Å². The summed E-state index contributed by atoms with van der Waals surface area (Å²) in [5.41, 5.74) is 3.05. The van der Waals surface area contributed by atoms with Crippen LogP contribution in [-0.2, 0) is 9.59 Å². The van der Waals surface area contributed by atoms with Crippen molar-refractivity contribution in [2.45, 2.75) is 76.8 Å². The predicted molar refractivity (Wildman–Crippen MR) is 258 cm³/mol. The molecule has 2 atom stereocenters. The van der Waals surface area contributed by atoms with E-state index in [1.54, 1.807) is 6.92 Å². The molecular formula is C46H46Cl2F6N14O6. The molecule has 2 amide bonds. The molecule has 4 saturated heterocycles. The Morgan fingerprint density at radius 3 is 1.65 bits per heavy atom. The Kier molecular flexibility index (Phi) is 15.4. The Morgan fingerprint density at radius 1 is 0.689 bits per heavy atom. The molecule has 6 aromatic rings. The maximum absolute atomic E-state index is 12.4. The summed E-state index contributed by atoms with van der Waals surface area (Å²) >= 11 is 11.9. The molecule has 4 aliphatic heterocycles. The summed E-state index contributed by atoms with van der Waals surface area (Å²) in [6.07, 6.45) is -1.12. The van der Waals surface area contributed by atoms with Gasteiger partial charge in [0.25, 0.3) is 11.8 Å². The number of carbonyl (C=O) groups excluding carboxylic acids is 2. The molecule has 2 unspecified atom stereocenters. The van der Waals surface area contributed by atoms with Gasteiger partial charge in [0.1, 0.15) is 34.0 Å². The second-order valence-corrected chi connectivity index (χ2v) is 18.4. The number of hydrogen-bond acceptors (Lipinski definition) is 18. The molecular weight excluding hydrogens is 1030 g/mol. The van der Waals surface area contributed by atoms with E-state index in [0.29, 0.717) is 63.7 Å². The first kappa shape index (κ1) is 52.0. The summed E-state index contributed by atoms with van der Waals surface area (Å²) in [4.78, 5) is 67.6. The van der Waals surface area contributed by atoms with Crippen LogP contribution >= 0.6 is 23.2 Å². The average molecular weight is 1080 g/mol. The van der Waals surface area contributed by atoms with Gasteiger partial charge >= 0.3 is 12.7 Å². The van der Waals surface area contributed by atoms with Gasteiger partial charge < -0.3 is 49.6 Å². The molecule has 2 bridgehead atoms. The van der Waals surface area contributed by atoms with Crippen molar-refractivity contribution in [3.8, 4) is 23.0 Å². The molecule has 74 heavy (non-hydrogen) atoms. The lowest BCUT2D eigenvalue weighted by atomic mass is 10.0. The number of piperazine rings is 1. The number of carbonyl (C=O) groups is 2. The number of ether oxygens (including phenoxy) is 4. The van der Waals surface area contributed by atoms with Gasteiger partial charge in [0.05, 0.1) is 33.8 Å². The number of alkyl halides is 6. The third-order valence-electron chi connectivity index (χ3n) is 12.4. The summed E-state index contributed by atoms with van der Waals surface area (Å²) in [5.74, 6) is -0.487. The minimum Gasteiger partial charge on any atom is -0.482 e. The number of fused-ring (bicyclic) bond motifs is 4. The van der Waals surface area contributed by atoms with E-state index in [1.807, 2.05) is 6.92 Å². The summed E-state index contributed by atoms with van der Waals surface area (Å²) in [7, 11) is 0. The smallest absolute Gasteiger partial charge is 0.482 e. The molecule has 392 valence electrons. The fourth-order valence-corrected chi connectivity index (χ4v) is 9.48. The summed E-state index contributed by atoms with van der Waals surface area (Å²) in [5, 5.41) is 8.29. The van der Waals surface area contributed by atoms with E-state index in [4.69, 9.17) is 32.7 Å². The van der Waals surface area contributed by atoms with Gasteiger partial charge in [0.2, 0.25) is 11.9 Å². The van der Waals surface area contributed by atoms with Crippen molar-refractivity contribution in [1.29, 1.82) is 0 Å². The van der Waals surface area contributed by atoms with E-state index < -0.39 is 49.3 Å². The van der Waals surface area contributed by atoms with Gasteiger partial charge in [-0.2, -0.15) is 9.97 Å². The van der Waals surface area contributed by atoms with E-state index >= 15 is 0 Å². The van der Waals surface area contributed by atoms with E-state index in [9.17, 15) is 35.9 Å². The lowest BCUT2D eigenvalue weighted by molar-refractivity contribution is -0.275. The summed E-state index contributed by atoms with van der Waals surface area (Å²) in [6.45, 7) is 8.61. The molecule has 2 aromatic carbocycles. The van der Waals surface area contributed by atoms with Crippen LogP contribution in [0, 0.1) is 13.8 Å². The zero-order chi connectivity index (χ0) is 52.3. The zero-order valence-corrected chi connectivity index (χ0v) is 40.9. The first-order valence-corrected chi connectivity index (χ1v) is 24.0. The second-order valence-electron chi connectivity index (χ2n) is 17.6. The van der Waals surface area contributed by atoms with Crippen LogP contribution in [0.2, 0.25) is 10.0 Å². The number of aryl methyl sites for hydroxylation is 2. The number of piperidine rings is 1. The van der Waals surface area contributed by atoms with Crippen LogP contribution in [0.3, 0.4) is 0 Å². The van der Waals surface area contributed by atoms with Crippen molar-refractivity contribution < 1.29 is 54.9 Å². The standard InChI is InChI=1S/C25H27ClF3N7O3.C21H19ClF3N7O3/c1-15-22-23(34-24(31-15)36-10-6-16(7-11-36)35-8-2-3-9-35)30-13-20(33-22)32-21(37)14-38-19-5-4-17(12-18(19)26)39-25(27,28)29;1-10-18-19(31-20(28-10)32-8-11-4-12(32)6-26-11)27-7-16(30-18)29-17(33)9-34-15-3-2-13(5-14(15)22)35-21(23,24)25/h4-5,12-13,16H,2-3,6-11,14H2,1H3,(H,32,33,37);2-3,5,7,11-12,26H,4,6,8-9H2,1H3,(H,29,30,33). The highest BCUT2D eigenvalue weighted by atomic mass is 35.5. The minimum absolute atomic E-state index is 0.0172. The van der Waals surface area contributed by atoms with E-state index in [1.165, 1.54) is 50.5 Å². The number of aromatic nitrogens is 8. The Labute approximate surface area is 427 Å². The topological polar surface area (TPSA) is 220 Å². The Bertz CT molecular complexity index is 3040. The SMILES string of the molecule is Cc1nc(N2CC3CC2CN3)nc2ncc(NC(=O)COc3ccc(OC(F)(F)F)cc3Cl)nc12.Cc1nc(N2CCC(N3CCCC3)CC2)nc2ncc(NC(=O)COc3ccc(OC(F)(F)F)cc3Cl)nc12. The second kappa shape index (κ2) is 21.9. The number of nitrogens with one attached hydrogen (secondary N) is 3. The molecule has 4 aromatic heterocycles. The molecule has 0 spiro atoms. The maximum Gasteiger partial charge on any atom is 0.573 e. The number of anilines is 4. The quantitative estimate of drug-likeness (QED) is 0.0973.